The van der Waals surface area contributed by atoms with Crippen LogP contribution in [0.15, 0.2) is 36.9 Å². The molecular weight excluding hydrogens is 314 g/mol. The maximum atomic E-state index is 13.0. The van der Waals surface area contributed by atoms with Crippen molar-refractivity contribution in [2.45, 2.75) is 32.7 Å². The summed E-state index contributed by atoms with van der Waals surface area (Å²) in [7, 11) is 0. The SMILES string of the molecule is Cc1cccc(CN2CCC3(CC2)CCN(c2cncnc2)C3=O)n1. The molecule has 2 aromatic rings. The quantitative estimate of drug-likeness (QED) is 0.859. The maximum absolute atomic E-state index is 13.0. The van der Waals surface area contributed by atoms with Crippen LogP contribution in [0.5, 0.6) is 0 Å². The number of rotatable bonds is 3. The van der Waals surface area contributed by atoms with Crippen molar-refractivity contribution in [2.75, 3.05) is 24.5 Å². The molecule has 2 aliphatic heterocycles. The molecule has 2 aliphatic rings. The Bertz CT molecular complexity index is 755. The Morgan fingerprint density at radius 2 is 1.80 bits per heavy atom. The topological polar surface area (TPSA) is 62.2 Å². The Balaban J connectivity index is 1.40. The fourth-order valence-electron chi connectivity index (χ4n) is 4.02. The molecule has 2 aromatic heterocycles. The lowest BCUT2D eigenvalue weighted by atomic mass is 9.77. The first-order valence-corrected chi connectivity index (χ1v) is 8.88. The lowest BCUT2D eigenvalue weighted by molar-refractivity contribution is -0.128. The van der Waals surface area contributed by atoms with E-state index in [1.54, 1.807) is 12.4 Å². The van der Waals surface area contributed by atoms with E-state index >= 15 is 0 Å². The van der Waals surface area contributed by atoms with Gasteiger partial charge in [0, 0.05) is 18.8 Å². The zero-order valence-electron chi connectivity index (χ0n) is 14.6. The van der Waals surface area contributed by atoms with E-state index in [0.717, 1.165) is 62.5 Å². The predicted octanol–water partition coefficient (Wildman–Crippen LogP) is 2.20. The normalized spacial score (nSPS) is 20.4. The number of hydrogen-bond acceptors (Lipinski definition) is 5. The maximum Gasteiger partial charge on any atom is 0.233 e. The Kier molecular flexibility index (Phi) is 4.21. The molecule has 130 valence electrons. The first kappa shape index (κ1) is 16.1. The van der Waals surface area contributed by atoms with Gasteiger partial charge in [0.25, 0.3) is 0 Å². The fourth-order valence-corrected chi connectivity index (χ4v) is 4.02. The molecule has 0 N–H and O–H groups in total. The van der Waals surface area contributed by atoms with Crippen LogP contribution in [-0.4, -0.2) is 45.4 Å². The van der Waals surface area contributed by atoms with Gasteiger partial charge in [-0.15, -0.1) is 0 Å². The van der Waals surface area contributed by atoms with Gasteiger partial charge in [0.2, 0.25) is 5.91 Å². The Labute approximate surface area is 147 Å². The van der Waals surface area contributed by atoms with Crippen LogP contribution in [0.3, 0.4) is 0 Å². The van der Waals surface area contributed by atoms with Gasteiger partial charge in [0.15, 0.2) is 0 Å². The molecule has 0 saturated carbocycles. The zero-order chi connectivity index (χ0) is 17.3. The third kappa shape index (κ3) is 3.14. The molecule has 0 atom stereocenters. The smallest absolute Gasteiger partial charge is 0.233 e. The van der Waals surface area contributed by atoms with Gasteiger partial charge in [0.05, 0.1) is 29.2 Å². The third-order valence-corrected chi connectivity index (χ3v) is 5.52. The van der Waals surface area contributed by atoms with Crippen molar-refractivity contribution in [3.05, 3.63) is 48.3 Å². The zero-order valence-corrected chi connectivity index (χ0v) is 14.6. The number of carbonyl (C=O) groups is 1. The number of aromatic nitrogens is 3. The second-order valence-corrected chi connectivity index (χ2v) is 7.13. The number of piperidine rings is 1. The summed E-state index contributed by atoms with van der Waals surface area (Å²) in [6.45, 7) is 5.54. The van der Waals surface area contributed by atoms with Gasteiger partial charge in [-0.1, -0.05) is 6.07 Å². The predicted molar refractivity (Wildman–Crippen MR) is 94.9 cm³/mol. The summed E-state index contributed by atoms with van der Waals surface area (Å²) < 4.78 is 0. The van der Waals surface area contributed by atoms with Gasteiger partial charge in [-0.2, -0.15) is 0 Å². The largest absolute Gasteiger partial charge is 0.309 e. The average Bonchev–Trinajstić information content (AvgIpc) is 2.94. The van der Waals surface area contributed by atoms with E-state index in [1.165, 1.54) is 6.33 Å². The van der Waals surface area contributed by atoms with Crippen LogP contribution in [0.2, 0.25) is 0 Å². The molecule has 0 aromatic carbocycles. The van der Waals surface area contributed by atoms with E-state index in [4.69, 9.17) is 0 Å². The lowest BCUT2D eigenvalue weighted by Crippen LogP contribution is -2.44. The number of likely N-dealkylation sites (tertiary alicyclic amines) is 1. The highest BCUT2D eigenvalue weighted by Gasteiger charge is 2.48. The highest BCUT2D eigenvalue weighted by molar-refractivity contribution is 5.99. The minimum atomic E-state index is -0.202. The summed E-state index contributed by atoms with van der Waals surface area (Å²) in [5.74, 6) is 0.246. The van der Waals surface area contributed by atoms with Gasteiger partial charge < -0.3 is 4.90 Å². The standard InChI is InChI=1S/C19H23N5O/c1-15-3-2-4-16(22-15)13-23-8-5-19(6-9-23)7-10-24(18(19)25)17-11-20-14-21-12-17/h2-4,11-12,14H,5-10,13H2,1H3. The molecule has 1 amide bonds. The first-order valence-electron chi connectivity index (χ1n) is 8.88. The molecule has 4 rings (SSSR count). The number of nitrogens with zero attached hydrogens (tertiary/aromatic N) is 5. The van der Waals surface area contributed by atoms with E-state index in [9.17, 15) is 4.79 Å². The molecule has 4 heterocycles. The van der Waals surface area contributed by atoms with Crippen molar-refractivity contribution in [3.63, 3.8) is 0 Å². The van der Waals surface area contributed by atoms with Crippen molar-refractivity contribution in [1.29, 1.82) is 0 Å². The van der Waals surface area contributed by atoms with Crippen molar-refractivity contribution in [1.82, 2.24) is 19.9 Å². The highest BCUT2D eigenvalue weighted by atomic mass is 16.2. The second-order valence-electron chi connectivity index (χ2n) is 7.13. The molecule has 0 bridgehead atoms. The molecule has 0 radical (unpaired) electrons. The molecule has 6 nitrogen and oxygen atoms in total. The Morgan fingerprint density at radius 3 is 2.52 bits per heavy atom. The molecule has 2 fully saturated rings. The molecule has 25 heavy (non-hydrogen) atoms. The van der Waals surface area contributed by atoms with Crippen molar-refractivity contribution in [3.8, 4) is 0 Å². The molecular formula is C19H23N5O. The molecule has 0 aliphatic carbocycles. The Morgan fingerprint density at radius 1 is 1.08 bits per heavy atom. The minimum absolute atomic E-state index is 0.202. The van der Waals surface area contributed by atoms with Gasteiger partial charge in [0.1, 0.15) is 6.33 Å². The van der Waals surface area contributed by atoms with E-state index in [2.05, 4.69) is 32.0 Å². The van der Waals surface area contributed by atoms with Gasteiger partial charge in [-0.25, -0.2) is 9.97 Å². The summed E-state index contributed by atoms with van der Waals surface area (Å²) in [5, 5.41) is 0. The van der Waals surface area contributed by atoms with E-state index < -0.39 is 0 Å². The van der Waals surface area contributed by atoms with Gasteiger partial charge >= 0.3 is 0 Å². The van der Waals surface area contributed by atoms with Crippen LogP contribution in [0, 0.1) is 12.3 Å². The van der Waals surface area contributed by atoms with Crippen LogP contribution in [0.25, 0.3) is 0 Å². The summed E-state index contributed by atoms with van der Waals surface area (Å²) in [6, 6.07) is 6.16. The summed E-state index contributed by atoms with van der Waals surface area (Å²) in [4.78, 5) is 30.0. The average molecular weight is 337 g/mol. The van der Waals surface area contributed by atoms with Crippen molar-refractivity contribution >= 4 is 11.6 Å². The van der Waals surface area contributed by atoms with E-state index in [1.807, 2.05) is 17.9 Å². The van der Waals surface area contributed by atoms with Crippen molar-refractivity contribution < 1.29 is 4.79 Å². The summed E-state index contributed by atoms with van der Waals surface area (Å²) in [5.41, 5.74) is 2.78. The lowest BCUT2D eigenvalue weighted by Gasteiger charge is -2.37. The van der Waals surface area contributed by atoms with Crippen LogP contribution in [0.1, 0.15) is 30.7 Å². The number of hydrogen-bond donors (Lipinski definition) is 0. The number of amides is 1. The molecule has 1 spiro atoms. The molecule has 0 unspecified atom stereocenters. The summed E-state index contributed by atoms with van der Waals surface area (Å²) in [6.07, 6.45) is 7.71. The first-order chi connectivity index (χ1) is 12.2. The van der Waals surface area contributed by atoms with E-state index in [-0.39, 0.29) is 11.3 Å². The van der Waals surface area contributed by atoms with E-state index in [0.29, 0.717) is 0 Å². The van der Waals surface area contributed by atoms with Crippen LogP contribution in [0.4, 0.5) is 5.69 Å². The van der Waals surface area contributed by atoms with Crippen molar-refractivity contribution in [2.24, 2.45) is 5.41 Å². The number of pyridine rings is 1. The van der Waals surface area contributed by atoms with Crippen LogP contribution < -0.4 is 4.90 Å². The van der Waals surface area contributed by atoms with Crippen LogP contribution >= 0.6 is 0 Å². The van der Waals surface area contributed by atoms with Crippen LogP contribution in [-0.2, 0) is 11.3 Å². The van der Waals surface area contributed by atoms with Gasteiger partial charge in [-0.3, -0.25) is 14.7 Å². The minimum Gasteiger partial charge on any atom is -0.309 e. The Hall–Kier alpha value is -2.34. The highest BCUT2D eigenvalue weighted by Crippen LogP contribution is 2.43. The monoisotopic (exact) mass is 337 g/mol. The third-order valence-electron chi connectivity index (χ3n) is 5.52. The second kappa shape index (κ2) is 6.52. The number of aryl methyl sites for hydroxylation is 1. The fraction of sp³-hybridized carbons (Fsp3) is 0.474. The van der Waals surface area contributed by atoms with Gasteiger partial charge in [-0.05, 0) is 51.4 Å². The molecule has 2 saturated heterocycles. The number of carbonyl (C=O) groups excluding carboxylic acids is 1. The molecule has 6 heteroatoms. The number of anilines is 1. The summed E-state index contributed by atoms with van der Waals surface area (Å²) >= 11 is 0.